The van der Waals surface area contributed by atoms with E-state index in [4.69, 9.17) is 9.47 Å². The van der Waals surface area contributed by atoms with Crippen LogP contribution in [0.5, 0.6) is 0 Å². The van der Waals surface area contributed by atoms with E-state index in [9.17, 15) is 4.79 Å². The molecule has 1 aliphatic heterocycles. The second-order valence-corrected chi connectivity index (χ2v) is 4.16. The minimum Gasteiger partial charge on any atom is -0.462 e. The quantitative estimate of drug-likeness (QED) is 0.733. The summed E-state index contributed by atoms with van der Waals surface area (Å²) in [7, 11) is 0. The Morgan fingerprint density at radius 1 is 1.38 bits per heavy atom. The van der Waals surface area contributed by atoms with Crippen molar-refractivity contribution in [1.29, 1.82) is 0 Å². The lowest BCUT2D eigenvalue weighted by atomic mass is 10.1. The van der Waals surface area contributed by atoms with E-state index in [-0.39, 0.29) is 18.2 Å². The van der Waals surface area contributed by atoms with Crippen LogP contribution < -0.4 is 0 Å². The summed E-state index contributed by atoms with van der Waals surface area (Å²) in [5, 5.41) is 0. The van der Waals surface area contributed by atoms with Crippen molar-refractivity contribution in [3.05, 3.63) is 35.9 Å². The average molecular weight is 220 g/mol. The molecule has 2 rings (SSSR count). The van der Waals surface area contributed by atoms with Gasteiger partial charge >= 0.3 is 5.97 Å². The van der Waals surface area contributed by atoms with Crippen molar-refractivity contribution in [3.63, 3.8) is 0 Å². The van der Waals surface area contributed by atoms with Crippen molar-refractivity contribution >= 4 is 5.97 Å². The van der Waals surface area contributed by atoms with Gasteiger partial charge < -0.3 is 9.47 Å². The Morgan fingerprint density at radius 2 is 2.12 bits per heavy atom. The number of esters is 1. The fourth-order valence-electron chi connectivity index (χ4n) is 1.88. The van der Waals surface area contributed by atoms with Crippen LogP contribution in [0.15, 0.2) is 30.3 Å². The van der Waals surface area contributed by atoms with Gasteiger partial charge in [0.05, 0.1) is 19.1 Å². The maximum Gasteiger partial charge on any atom is 0.308 e. The minimum atomic E-state index is -0.156. The van der Waals surface area contributed by atoms with Gasteiger partial charge in [0.25, 0.3) is 0 Å². The van der Waals surface area contributed by atoms with Crippen LogP contribution >= 0.6 is 0 Å². The summed E-state index contributed by atoms with van der Waals surface area (Å²) < 4.78 is 10.8. The van der Waals surface area contributed by atoms with Crippen molar-refractivity contribution in [2.24, 2.45) is 0 Å². The predicted molar refractivity (Wildman–Crippen MR) is 59.8 cm³/mol. The number of hydrogen-bond donors (Lipinski definition) is 0. The summed E-state index contributed by atoms with van der Waals surface area (Å²) >= 11 is 0. The van der Waals surface area contributed by atoms with E-state index in [0.717, 1.165) is 12.0 Å². The van der Waals surface area contributed by atoms with Crippen LogP contribution in [0, 0.1) is 0 Å². The van der Waals surface area contributed by atoms with Gasteiger partial charge in [-0.3, -0.25) is 4.79 Å². The molecule has 2 atom stereocenters. The molecule has 1 fully saturated rings. The fourth-order valence-corrected chi connectivity index (χ4v) is 1.88. The molecule has 1 heterocycles. The van der Waals surface area contributed by atoms with Crippen LogP contribution in [0.4, 0.5) is 0 Å². The standard InChI is InChI=1S/C13H16O3/c1-10-7-12(8-13(14)16-10)15-9-11-5-3-2-4-6-11/h2-6,10,12H,7-9H2,1H3/t10-,12+/m1/s1. The molecule has 0 bridgehead atoms. The van der Waals surface area contributed by atoms with Gasteiger partial charge in [-0.05, 0) is 12.5 Å². The van der Waals surface area contributed by atoms with Crippen molar-refractivity contribution in [2.45, 2.75) is 38.6 Å². The lowest BCUT2D eigenvalue weighted by Crippen LogP contribution is -2.32. The molecule has 1 aromatic carbocycles. The van der Waals surface area contributed by atoms with Crippen molar-refractivity contribution in [2.75, 3.05) is 0 Å². The Balaban J connectivity index is 1.84. The van der Waals surface area contributed by atoms with Gasteiger partial charge in [-0.2, -0.15) is 0 Å². The number of cyclic esters (lactones) is 1. The first kappa shape index (κ1) is 11.1. The Morgan fingerprint density at radius 3 is 2.81 bits per heavy atom. The molecule has 1 saturated heterocycles. The van der Waals surface area contributed by atoms with Crippen LogP contribution in [0.25, 0.3) is 0 Å². The third-order valence-corrected chi connectivity index (χ3v) is 2.65. The molecular formula is C13H16O3. The maximum absolute atomic E-state index is 11.2. The molecule has 3 nitrogen and oxygen atoms in total. The molecule has 3 heteroatoms. The van der Waals surface area contributed by atoms with Crippen LogP contribution in [0.1, 0.15) is 25.3 Å². The number of ether oxygens (including phenoxy) is 2. The summed E-state index contributed by atoms with van der Waals surface area (Å²) in [5.41, 5.74) is 1.13. The summed E-state index contributed by atoms with van der Waals surface area (Å²) in [6.45, 7) is 2.46. The summed E-state index contributed by atoms with van der Waals surface area (Å²) in [6, 6.07) is 9.98. The van der Waals surface area contributed by atoms with Crippen molar-refractivity contribution in [3.8, 4) is 0 Å². The molecule has 0 aromatic heterocycles. The number of carbonyl (C=O) groups excluding carboxylic acids is 1. The Kier molecular flexibility index (Phi) is 3.57. The molecule has 0 spiro atoms. The van der Waals surface area contributed by atoms with E-state index in [0.29, 0.717) is 13.0 Å². The first-order chi connectivity index (χ1) is 7.74. The van der Waals surface area contributed by atoms with Crippen molar-refractivity contribution < 1.29 is 14.3 Å². The summed E-state index contributed by atoms with van der Waals surface area (Å²) in [5.74, 6) is -0.156. The molecule has 0 saturated carbocycles. The minimum absolute atomic E-state index is 0.00328. The zero-order valence-electron chi connectivity index (χ0n) is 9.39. The highest BCUT2D eigenvalue weighted by molar-refractivity contribution is 5.70. The third kappa shape index (κ3) is 3.07. The Bertz CT molecular complexity index is 347. The smallest absolute Gasteiger partial charge is 0.308 e. The van der Waals surface area contributed by atoms with E-state index in [1.165, 1.54) is 0 Å². The molecule has 86 valence electrons. The van der Waals surface area contributed by atoms with Crippen LogP contribution in [0.2, 0.25) is 0 Å². The van der Waals surface area contributed by atoms with E-state index < -0.39 is 0 Å². The number of carbonyl (C=O) groups is 1. The van der Waals surface area contributed by atoms with Gasteiger partial charge in [-0.15, -0.1) is 0 Å². The fraction of sp³-hybridized carbons (Fsp3) is 0.462. The van der Waals surface area contributed by atoms with Gasteiger partial charge in [0, 0.05) is 6.42 Å². The number of hydrogen-bond acceptors (Lipinski definition) is 3. The highest BCUT2D eigenvalue weighted by Gasteiger charge is 2.26. The maximum atomic E-state index is 11.2. The SMILES string of the molecule is C[C@@H]1C[C@H](OCc2ccccc2)CC(=O)O1. The summed E-state index contributed by atoms with van der Waals surface area (Å²) in [6.07, 6.45) is 1.13. The molecule has 0 N–H and O–H groups in total. The van der Waals surface area contributed by atoms with Crippen molar-refractivity contribution in [1.82, 2.24) is 0 Å². The highest BCUT2D eigenvalue weighted by Crippen LogP contribution is 2.18. The molecule has 0 aliphatic carbocycles. The normalized spacial score (nSPS) is 25.2. The Labute approximate surface area is 95.4 Å². The van der Waals surface area contributed by atoms with Gasteiger partial charge in [0.2, 0.25) is 0 Å². The molecular weight excluding hydrogens is 204 g/mol. The number of rotatable bonds is 3. The zero-order chi connectivity index (χ0) is 11.4. The largest absolute Gasteiger partial charge is 0.462 e. The monoisotopic (exact) mass is 220 g/mol. The number of benzene rings is 1. The summed E-state index contributed by atoms with van der Waals surface area (Å²) in [4.78, 5) is 11.2. The second kappa shape index (κ2) is 5.12. The van der Waals surface area contributed by atoms with Crippen LogP contribution in [0.3, 0.4) is 0 Å². The second-order valence-electron chi connectivity index (χ2n) is 4.16. The van der Waals surface area contributed by atoms with E-state index in [1.54, 1.807) is 0 Å². The van der Waals surface area contributed by atoms with E-state index in [2.05, 4.69) is 0 Å². The average Bonchev–Trinajstić information content (AvgIpc) is 2.27. The molecule has 1 aliphatic rings. The van der Waals surface area contributed by atoms with Gasteiger partial charge in [0.1, 0.15) is 6.10 Å². The third-order valence-electron chi connectivity index (χ3n) is 2.65. The van der Waals surface area contributed by atoms with Crippen LogP contribution in [-0.2, 0) is 20.9 Å². The molecule has 0 radical (unpaired) electrons. The Hall–Kier alpha value is -1.35. The molecule has 0 amide bonds. The first-order valence-corrected chi connectivity index (χ1v) is 5.59. The molecule has 1 aromatic rings. The topological polar surface area (TPSA) is 35.5 Å². The molecule has 0 unspecified atom stereocenters. The zero-order valence-corrected chi connectivity index (χ0v) is 9.39. The van der Waals surface area contributed by atoms with Gasteiger partial charge in [-0.25, -0.2) is 0 Å². The van der Waals surface area contributed by atoms with Gasteiger partial charge in [-0.1, -0.05) is 30.3 Å². The predicted octanol–water partition coefficient (Wildman–Crippen LogP) is 2.30. The van der Waals surface area contributed by atoms with Gasteiger partial charge in [0.15, 0.2) is 0 Å². The lowest BCUT2D eigenvalue weighted by Gasteiger charge is -2.26. The highest BCUT2D eigenvalue weighted by atomic mass is 16.6. The lowest BCUT2D eigenvalue weighted by molar-refractivity contribution is -0.162. The first-order valence-electron chi connectivity index (χ1n) is 5.59. The molecule has 16 heavy (non-hydrogen) atoms. The van der Waals surface area contributed by atoms with Crippen LogP contribution in [-0.4, -0.2) is 18.2 Å². The van der Waals surface area contributed by atoms with E-state index in [1.807, 2.05) is 37.3 Å². The van der Waals surface area contributed by atoms with E-state index >= 15 is 0 Å².